The normalized spacial score (nSPS) is 11.2. The first-order chi connectivity index (χ1) is 9.69. The lowest BCUT2D eigenvalue weighted by Gasteiger charge is -2.09. The van der Waals surface area contributed by atoms with Crippen LogP contribution in [0.3, 0.4) is 0 Å². The molecule has 1 heterocycles. The number of benzene rings is 2. The molecule has 0 atom stereocenters. The molecule has 0 aliphatic rings. The molecule has 0 aliphatic carbocycles. The predicted molar refractivity (Wildman–Crippen MR) is 92.9 cm³/mol. The summed E-state index contributed by atoms with van der Waals surface area (Å²) in [6, 6.07) is 14.8. The van der Waals surface area contributed by atoms with Crippen molar-refractivity contribution in [2.24, 2.45) is 0 Å². The van der Waals surface area contributed by atoms with E-state index in [0.717, 1.165) is 29.0 Å². The highest BCUT2D eigenvalue weighted by Gasteiger charge is 2.12. The molecule has 0 N–H and O–H groups in total. The van der Waals surface area contributed by atoms with E-state index in [2.05, 4.69) is 76.5 Å². The van der Waals surface area contributed by atoms with E-state index in [9.17, 15) is 0 Å². The Morgan fingerprint density at radius 1 is 1.20 bits per heavy atom. The summed E-state index contributed by atoms with van der Waals surface area (Å²) in [7, 11) is 0. The van der Waals surface area contributed by atoms with Gasteiger partial charge in [0.25, 0.3) is 0 Å². The molecule has 0 saturated heterocycles. The van der Waals surface area contributed by atoms with Crippen molar-refractivity contribution >= 4 is 45.2 Å². The first kappa shape index (κ1) is 13.9. The molecule has 0 spiro atoms. The number of alkyl halides is 1. The molecular weight excluding hydrogens is 383 g/mol. The molecule has 4 heteroatoms. The fourth-order valence-corrected chi connectivity index (χ4v) is 3.05. The van der Waals surface area contributed by atoms with Crippen molar-refractivity contribution in [1.29, 1.82) is 0 Å². The molecule has 0 fully saturated rings. The summed E-state index contributed by atoms with van der Waals surface area (Å²) in [6.45, 7) is 2.10. The zero-order chi connectivity index (χ0) is 14.1. The number of imidazole rings is 1. The fraction of sp³-hybridized carbons (Fsp3) is 0.188. The number of fused-ring (bicyclic) bond motifs is 1. The molecule has 102 valence electrons. The van der Waals surface area contributed by atoms with Gasteiger partial charge in [-0.05, 0) is 65.4 Å². The quantitative estimate of drug-likeness (QED) is 0.463. The molecule has 2 aromatic carbocycles. The summed E-state index contributed by atoms with van der Waals surface area (Å²) in [5, 5.41) is 0. The molecular formula is C16H14ClIN2. The second-order valence-electron chi connectivity index (χ2n) is 4.77. The number of aromatic nitrogens is 2. The maximum Gasteiger partial charge on any atom is 0.115 e. The van der Waals surface area contributed by atoms with Crippen molar-refractivity contribution in [3.63, 3.8) is 0 Å². The Labute approximate surface area is 136 Å². The van der Waals surface area contributed by atoms with Crippen molar-refractivity contribution in [3.05, 3.63) is 57.4 Å². The molecule has 0 radical (unpaired) electrons. The van der Waals surface area contributed by atoms with Crippen LogP contribution in [0, 0.1) is 10.5 Å². The molecule has 0 bridgehead atoms. The number of hydrogen-bond donors (Lipinski definition) is 0. The first-order valence-electron chi connectivity index (χ1n) is 6.49. The maximum atomic E-state index is 5.93. The van der Waals surface area contributed by atoms with Crippen LogP contribution in [0.15, 0.2) is 42.5 Å². The molecule has 2 nitrogen and oxygen atoms in total. The Kier molecular flexibility index (Phi) is 3.98. The molecule has 0 amide bonds. The topological polar surface area (TPSA) is 17.8 Å². The summed E-state index contributed by atoms with van der Waals surface area (Å²) in [6.07, 6.45) is 0.765. The molecule has 3 rings (SSSR count). The summed E-state index contributed by atoms with van der Waals surface area (Å²) in [5.74, 6) is 1.59. The van der Waals surface area contributed by atoms with E-state index < -0.39 is 0 Å². The molecule has 0 unspecified atom stereocenters. The number of hydrogen-bond acceptors (Lipinski definition) is 1. The van der Waals surface area contributed by atoms with Gasteiger partial charge in [0, 0.05) is 21.6 Å². The zero-order valence-corrected chi connectivity index (χ0v) is 14.0. The van der Waals surface area contributed by atoms with Gasteiger partial charge < -0.3 is 0 Å². The van der Waals surface area contributed by atoms with Crippen molar-refractivity contribution < 1.29 is 0 Å². The van der Waals surface area contributed by atoms with Crippen molar-refractivity contribution in [3.8, 4) is 5.69 Å². The highest BCUT2D eigenvalue weighted by atomic mass is 127. The predicted octanol–water partition coefficient (Wildman–Crippen LogP) is 4.72. The fourth-order valence-electron chi connectivity index (χ4n) is 2.41. The van der Waals surface area contributed by atoms with Crippen molar-refractivity contribution in [2.75, 3.05) is 5.88 Å². The SMILES string of the molecule is Cc1cccc(-n2c(CCCl)nc3cc(I)ccc32)c1. The standard InChI is InChI=1S/C16H14ClIN2/c1-11-3-2-4-13(9-11)20-15-6-5-12(18)10-14(15)19-16(20)7-8-17/h2-6,9-10H,7-8H2,1H3. The second kappa shape index (κ2) is 5.74. The van der Waals surface area contributed by atoms with Gasteiger partial charge in [0.1, 0.15) is 5.82 Å². The van der Waals surface area contributed by atoms with Gasteiger partial charge in [0.05, 0.1) is 11.0 Å². The maximum absolute atomic E-state index is 5.93. The van der Waals surface area contributed by atoms with Crippen LogP contribution in [0.25, 0.3) is 16.7 Å². The monoisotopic (exact) mass is 396 g/mol. The lowest BCUT2D eigenvalue weighted by Crippen LogP contribution is -2.02. The smallest absolute Gasteiger partial charge is 0.115 e. The minimum Gasteiger partial charge on any atom is -0.296 e. The number of aryl methyl sites for hydroxylation is 2. The lowest BCUT2D eigenvalue weighted by atomic mass is 10.2. The van der Waals surface area contributed by atoms with Gasteiger partial charge in [-0.3, -0.25) is 4.57 Å². The lowest BCUT2D eigenvalue weighted by molar-refractivity contribution is 0.911. The summed E-state index contributed by atoms with van der Waals surface area (Å²) >= 11 is 8.25. The van der Waals surface area contributed by atoms with Gasteiger partial charge in [0.15, 0.2) is 0 Å². The van der Waals surface area contributed by atoms with E-state index in [0.29, 0.717) is 5.88 Å². The minimum atomic E-state index is 0.576. The van der Waals surface area contributed by atoms with Gasteiger partial charge in [-0.15, -0.1) is 11.6 Å². The second-order valence-corrected chi connectivity index (χ2v) is 6.40. The molecule has 1 aromatic heterocycles. The molecule has 0 aliphatic heterocycles. The van der Waals surface area contributed by atoms with Gasteiger partial charge in [0.2, 0.25) is 0 Å². The van der Waals surface area contributed by atoms with Crippen LogP contribution in [0.5, 0.6) is 0 Å². The average Bonchev–Trinajstić information content (AvgIpc) is 2.76. The third-order valence-electron chi connectivity index (χ3n) is 3.26. The van der Waals surface area contributed by atoms with E-state index >= 15 is 0 Å². The average molecular weight is 397 g/mol. The van der Waals surface area contributed by atoms with Gasteiger partial charge >= 0.3 is 0 Å². The molecule has 0 saturated carbocycles. The van der Waals surface area contributed by atoms with Gasteiger partial charge in [-0.2, -0.15) is 0 Å². The largest absolute Gasteiger partial charge is 0.296 e. The van der Waals surface area contributed by atoms with E-state index in [1.165, 1.54) is 9.13 Å². The van der Waals surface area contributed by atoms with Crippen LogP contribution in [0.2, 0.25) is 0 Å². The molecule has 3 aromatic rings. The van der Waals surface area contributed by atoms with Gasteiger partial charge in [-0.25, -0.2) is 4.98 Å². The number of nitrogens with zero attached hydrogens (tertiary/aromatic N) is 2. The third-order valence-corrected chi connectivity index (χ3v) is 4.12. The van der Waals surface area contributed by atoms with E-state index in [-0.39, 0.29) is 0 Å². The Balaban J connectivity index is 2.28. The summed E-state index contributed by atoms with van der Waals surface area (Å²) < 4.78 is 3.40. The van der Waals surface area contributed by atoms with Crippen LogP contribution < -0.4 is 0 Å². The van der Waals surface area contributed by atoms with Crippen LogP contribution >= 0.6 is 34.2 Å². The highest BCUT2D eigenvalue weighted by molar-refractivity contribution is 14.1. The van der Waals surface area contributed by atoms with Crippen LogP contribution in [-0.2, 0) is 6.42 Å². The summed E-state index contributed by atoms with van der Waals surface area (Å²) in [4.78, 5) is 4.74. The number of halogens is 2. The molecule has 20 heavy (non-hydrogen) atoms. The Bertz CT molecular complexity index is 764. The third kappa shape index (κ3) is 2.56. The highest BCUT2D eigenvalue weighted by Crippen LogP contribution is 2.24. The number of rotatable bonds is 3. The van der Waals surface area contributed by atoms with E-state index in [4.69, 9.17) is 16.6 Å². The van der Waals surface area contributed by atoms with Crippen LogP contribution in [-0.4, -0.2) is 15.4 Å². The minimum absolute atomic E-state index is 0.576. The zero-order valence-electron chi connectivity index (χ0n) is 11.1. The first-order valence-corrected chi connectivity index (χ1v) is 8.10. The van der Waals surface area contributed by atoms with Crippen molar-refractivity contribution in [2.45, 2.75) is 13.3 Å². The Morgan fingerprint density at radius 2 is 2.05 bits per heavy atom. The van der Waals surface area contributed by atoms with Gasteiger partial charge in [-0.1, -0.05) is 12.1 Å². The Hall–Kier alpha value is -1.07. The van der Waals surface area contributed by atoms with Crippen molar-refractivity contribution in [1.82, 2.24) is 9.55 Å². The van der Waals surface area contributed by atoms with E-state index in [1.54, 1.807) is 0 Å². The van der Waals surface area contributed by atoms with Crippen LogP contribution in [0.1, 0.15) is 11.4 Å². The summed E-state index contributed by atoms with van der Waals surface area (Å²) in [5.41, 5.74) is 4.55. The van der Waals surface area contributed by atoms with Crippen LogP contribution in [0.4, 0.5) is 0 Å². The van der Waals surface area contributed by atoms with E-state index in [1.807, 2.05) is 0 Å². The Morgan fingerprint density at radius 3 is 2.80 bits per heavy atom.